The SMILES string of the molecule is CCN(/[N+]([O-])=N\OC1CCN(c2ccccn2)CC1)C(C)(C)C. The van der Waals surface area contributed by atoms with Crippen molar-refractivity contribution in [2.45, 2.75) is 52.2 Å². The van der Waals surface area contributed by atoms with Gasteiger partial charge >= 0.3 is 0 Å². The van der Waals surface area contributed by atoms with E-state index < -0.39 is 0 Å². The summed E-state index contributed by atoms with van der Waals surface area (Å²) < 4.78 is 0. The van der Waals surface area contributed by atoms with E-state index in [4.69, 9.17) is 4.84 Å². The molecular weight excluding hydrogens is 294 g/mol. The van der Waals surface area contributed by atoms with Crippen molar-refractivity contribution in [2.75, 3.05) is 24.5 Å². The van der Waals surface area contributed by atoms with Crippen molar-refractivity contribution >= 4 is 5.82 Å². The standard InChI is InChI=1S/C16H27N5O2/c1-5-20(16(2,3)4)21(22)18-23-14-9-12-19(13-10-14)15-8-6-7-11-17-15/h6-8,11,14H,5,9-10,12-13H2,1-4H3/b21-18+. The van der Waals surface area contributed by atoms with Gasteiger partial charge in [0.05, 0.1) is 17.1 Å². The molecule has 7 nitrogen and oxygen atoms in total. The van der Waals surface area contributed by atoms with Gasteiger partial charge in [0.25, 0.3) is 0 Å². The molecule has 23 heavy (non-hydrogen) atoms. The predicted molar refractivity (Wildman–Crippen MR) is 88.7 cm³/mol. The summed E-state index contributed by atoms with van der Waals surface area (Å²) in [5.41, 5.74) is -0.286. The minimum absolute atomic E-state index is 0.0231. The van der Waals surface area contributed by atoms with Crippen molar-refractivity contribution in [3.8, 4) is 0 Å². The van der Waals surface area contributed by atoms with E-state index in [2.05, 4.69) is 15.2 Å². The molecule has 0 radical (unpaired) electrons. The van der Waals surface area contributed by atoms with Gasteiger partial charge in [-0.3, -0.25) is 0 Å². The first kappa shape index (κ1) is 17.3. The Morgan fingerprint density at radius 3 is 2.61 bits per heavy atom. The lowest BCUT2D eigenvalue weighted by Crippen LogP contribution is -2.45. The van der Waals surface area contributed by atoms with Gasteiger partial charge in [-0.2, -0.15) is 0 Å². The van der Waals surface area contributed by atoms with Crippen molar-refractivity contribution in [2.24, 2.45) is 5.28 Å². The molecule has 0 aromatic carbocycles. The summed E-state index contributed by atoms with van der Waals surface area (Å²) in [5.74, 6) is 0.984. The molecule has 7 heteroatoms. The number of hydrazine groups is 1. The quantitative estimate of drug-likeness (QED) is 0.474. The second kappa shape index (κ2) is 7.48. The fourth-order valence-corrected chi connectivity index (χ4v) is 2.73. The van der Waals surface area contributed by atoms with E-state index in [-0.39, 0.29) is 11.6 Å². The van der Waals surface area contributed by atoms with Crippen LogP contribution in [0.4, 0.5) is 5.82 Å². The second-order valence-electron chi connectivity index (χ2n) is 6.70. The zero-order valence-corrected chi connectivity index (χ0v) is 14.5. The van der Waals surface area contributed by atoms with Gasteiger partial charge in [-0.25, -0.2) is 4.98 Å². The van der Waals surface area contributed by atoms with E-state index in [1.165, 1.54) is 0 Å². The average molecular weight is 321 g/mol. The number of pyridine rings is 1. The molecule has 1 aromatic heterocycles. The Morgan fingerprint density at radius 2 is 2.09 bits per heavy atom. The maximum atomic E-state index is 12.1. The molecule has 1 aliphatic heterocycles. The van der Waals surface area contributed by atoms with E-state index in [9.17, 15) is 5.21 Å². The molecule has 0 amide bonds. The minimum Gasteiger partial charge on any atom is -0.569 e. The Morgan fingerprint density at radius 1 is 1.39 bits per heavy atom. The highest BCUT2D eigenvalue weighted by Crippen LogP contribution is 2.20. The topological polar surface area (TPSA) is 67.0 Å². The fraction of sp³-hybridized carbons (Fsp3) is 0.688. The first-order chi connectivity index (χ1) is 10.9. The van der Waals surface area contributed by atoms with E-state index in [1.54, 1.807) is 11.2 Å². The number of nitrogens with zero attached hydrogens (tertiary/aromatic N) is 5. The molecule has 0 atom stereocenters. The number of hydrogen-bond acceptors (Lipinski definition) is 5. The summed E-state index contributed by atoms with van der Waals surface area (Å²) in [6.07, 6.45) is 3.43. The normalized spacial score (nSPS) is 17.2. The number of rotatable bonds is 5. The van der Waals surface area contributed by atoms with Crippen molar-refractivity contribution < 1.29 is 9.81 Å². The third-order valence-corrected chi connectivity index (χ3v) is 3.96. The van der Waals surface area contributed by atoms with Crippen LogP contribution in [0.3, 0.4) is 0 Å². The van der Waals surface area contributed by atoms with Crippen LogP contribution < -0.4 is 4.90 Å². The molecule has 0 aliphatic carbocycles. The second-order valence-corrected chi connectivity index (χ2v) is 6.70. The molecule has 0 spiro atoms. The third kappa shape index (κ3) is 4.71. The molecule has 1 fully saturated rings. The highest BCUT2D eigenvalue weighted by Gasteiger charge is 2.28. The highest BCUT2D eigenvalue weighted by atomic mass is 16.7. The first-order valence-corrected chi connectivity index (χ1v) is 8.19. The van der Waals surface area contributed by atoms with Gasteiger partial charge < -0.3 is 14.9 Å². The number of hydrogen-bond donors (Lipinski definition) is 0. The van der Waals surface area contributed by atoms with E-state index in [0.29, 0.717) is 11.5 Å². The summed E-state index contributed by atoms with van der Waals surface area (Å²) >= 11 is 0. The van der Waals surface area contributed by atoms with E-state index in [0.717, 1.165) is 31.7 Å². The van der Waals surface area contributed by atoms with Crippen LogP contribution in [0.5, 0.6) is 0 Å². The van der Waals surface area contributed by atoms with Gasteiger partial charge in [-0.15, -0.1) is 5.01 Å². The average Bonchev–Trinajstić information content (AvgIpc) is 2.53. The van der Waals surface area contributed by atoms with Crippen LogP contribution in [-0.4, -0.2) is 46.2 Å². The Hall–Kier alpha value is -2.05. The molecule has 0 N–H and O–H groups in total. The van der Waals surface area contributed by atoms with Crippen LogP contribution in [0.1, 0.15) is 40.5 Å². The van der Waals surface area contributed by atoms with Crippen LogP contribution in [-0.2, 0) is 4.84 Å². The zero-order valence-electron chi connectivity index (χ0n) is 14.5. The van der Waals surface area contributed by atoms with Gasteiger partial charge in [0.15, 0.2) is 0 Å². The molecule has 0 saturated carbocycles. The largest absolute Gasteiger partial charge is 0.569 e. The smallest absolute Gasteiger partial charge is 0.233 e. The number of anilines is 1. The molecule has 1 saturated heterocycles. The summed E-state index contributed by atoms with van der Waals surface area (Å²) in [6, 6.07) is 5.91. The van der Waals surface area contributed by atoms with Gasteiger partial charge in [0.1, 0.15) is 11.9 Å². The predicted octanol–water partition coefficient (Wildman–Crippen LogP) is 2.98. The Labute approximate surface area is 138 Å². The molecule has 1 aliphatic rings. The first-order valence-electron chi connectivity index (χ1n) is 8.19. The highest BCUT2D eigenvalue weighted by molar-refractivity contribution is 5.37. The molecule has 0 bridgehead atoms. The molecule has 1 aromatic rings. The zero-order chi connectivity index (χ0) is 16.9. The van der Waals surface area contributed by atoms with Crippen LogP contribution in [0.2, 0.25) is 0 Å². The van der Waals surface area contributed by atoms with Gasteiger partial charge in [0, 0.05) is 32.1 Å². The Balaban J connectivity index is 1.85. The van der Waals surface area contributed by atoms with Gasteiger partial charge in [-0.1, -0.05) is 6.07 Å². The summed E-state index contributed by atoms with van der Waals surface area (Å²) in [5, 5.41) is 17.5. The molecule has 2 heterocycles. The van der Waals surface area contributed by atoms with Crippen LogP contribution >= 0.6 is 0 Å². The molecular formula is C16H27N5O2. The van der Waals surface area contributed by atoms with Crippen molar-refractivity contribution in [3.05, 3.63) is 29.6 Å². The van der Waals surface area contributed by atoms with Crippen molar-refractivity contribution in [3.63, 3.8) is 0 Å². The minimum atomic E-state index is -0.286. The fourth-order valence-electron chi connectivity index (χ4n) is 2.73. The Bertz CT molecular complexity index is 507. The molecule has 0 unspecified atom stereocenters. The monoisotopic (exact) mass is 321 g/mol. The van der Waals surface area contributed by atoms with Gasteiger partial charge in [0.2, 0.25) is 5.28 Å². The van der Waals surface area contributed by atoms with Crippen molar-refractivity contribution in [1.82, 2.24) is 9.99 Å². The maximum Gasteiger partial charge on any atom is 0.233 e. The van der Waals surface area contributed by atoms with Gasteiger partial charge in [-0.05, 0) is 39.8 Å². The Kier molecular flexibility index (Phi) is 5.63. The summed E-state index contributed by atoms with van der Waals surface area (Å²) in [4.78, 5) is 12.6. The third-order valence-electron chi connectivity index (χ3n) is 3.96. The van der Waals surface area contributed by atoms with E-state index >= 15 is 0 Å². The maximum absolute atomic E-state index is 12.1. The number of aromatic nitrogens is 1. The van der Waals surface area contributed by atoms with Crippen LogP contribution in [0.15, 0.2) is 29.7 Å². The summed E-state index contributed by atoms with van der Waals surface area (Å²) in [6.45, 7) is 10.1. The lowest BCUT2D eigenvalue weighted by Gasteiger charge is -2.31. The van der Waals surface area contributed by atoms with E-state index in [1.807, 2.05) is 45.9 Å². The molecule has 128 valence electrons. The lowest BCUT2D eigenvalue weighted by molar-refractivity contribution is -0.725. The van der Waals surface area contributed by atoms with Crippen LogP contribution in [0, 0.1) is 5.21 Å². The lowest BCUT2D eigenvalue weighted by atomic mass is 10.1. The molecule has 2 rings (SSSR count). The number of piperidine rings is 1. The summed E-state index contributed by atoms with van der Waals surface area (Å²) in [7, 11) is 0. The van der Waals surface area contributed by atoms with Crippen LogP contribution in [0.25, 0.3) is 0 Å². The van der Waals surface area contributed by atoms with Crippen molar-refractivity contribution in [1.29, 1.82) is 0 Å².